The van der Waals surface area contributed by atoms with Gasteiger partial charge in [-0.05, 0) is 18.8 Å². The fourth-order valence-corrected chi connectivity index (χ4v) is 2.56. The molecule has 2 heterocycles. The van der Waals surface area contributed by atoms with E-state index in [0.29, 0.717) is 11.6 Å². The number of imidazole rings is 1. The Kier molecular flexibility index (Phi) is 5.44. The zero-order chi connectivity index (χ0) is 14.4. The van der Waals surface area contributed by atoms with Crippen LogP contribution in [-0.4, -0.2) is 28.5 Å². The average molecular weight is 278 g/mol. The van der Waals surface area contributed by atoms with Gasteiger partial charge in [-0.15, -0.1) is 0 Å². The SMILES string of the molecule is CCCCC(CC)CNC(=O)c1cn2c(n1)NCCC2. The highest BCUT2D eigenvalue weighted by atomic mass is 16.1. The van der Waals surface area contributed by atoms with Crippen LogP contribution in [0.2, 0.25) is 0 Å². The van der Waals surface area contributed by atoms with Crippen molar-refractivity contribution in [3.63, 3.8) is 0 Å². The van der Waals surface area contributed by atoms with Gasteiger partial charge in [0.1, 0.15) is 5.69 Å². The smallest absolute Gasteiger partial charge is 0.271 e. The number of rotatable bonds is 7. The molecular weight excluding hydrogens is 252 g/mol. The largest absolute Gasteiger partial charge is 0.356 e. The van der Waals surface area contributed by atoms with Crippen LogP contribution in [0.4, 0.5) is 5.95 Å². The quantitative estimate of drug-likeness (QED) is 0.806. The van der Waals surface area contributed by atoms with Crippen molar-refractivity contribution in [1.82, 2.24) is 14.9 Å². The van der Waals surface area contributed by atoms with Gasteiger partial charge >= 0.3 is 0 Å². The van der Waals surface area contributed by atoms with E-state index in [2.05, 4.69) is 29.5 Å². The van der Waals surface area contributed by atoms with Gasteiger partial charge in [0.15, 0.2) is 0 Å². The standard InChI is InChI=1S/C15H26N4O/c1-3-5-7-12(4-2)10-17-14(20)13-11-19-9-6-8-16-15(19)18-13/h11-12H,3-10H2,1-2H3,(H,16,18)(H,17,20). The van der Waals surface area contributed by atoms with Crippen LogP contribution in [0.5, 0.6) is 0 Å². The normalized spacial score (nSPS) is 15.3. The molecule has 2 rings (SSSR count). The number of fused-ring (bicyclic) bond motifs is 1. The summed E-state index contributed by atoms with van der Waals surface area (Å²) < 4.78 is 2.02. The van der Waals surface area contributed by atoms with Crippen molar-refractivity contribution < 1.29 is 4.79 Å². The molecule has 0 saturated carbocycles. The maximum atomic E-state index is 12.1. The number of carbonyl (C=O) groups is 1. The van der Waals surface area contributed by atoms with Gasteiger partial charge in [0, 0.05) is 25.8 Å². The average Bonchev–Trinajstić information content (AvgIpc) is 2.91. The van der Waals surface area contributed by atoms with Gasteiger partial charge in [-0.2, -0.15) is 0 Å². The number of nitrogens with zero attached hydrogens (tertiary/aromatic N) is 2. The second-order valence-electron chi connectivity index (χ2n) is 5.55. The van der Waals surface area contributed by atoms with Crippen LogP contribution in [0, 0.1) is 5.92 Å². The number of hydrogen-bond acceptors (Lipinski definition) is 3. The summed E-state index contributed by atoms with van der Waals surface area (Å²) in [6, 6.07) is 0. The number of unbranched alkanes of at least 4 members (excludes halogenated alkanes) is 1. The summed E-state index contributed by atoms with van der Waals surface area (Å²) in [6.07, 6.45) is 7.68. The highest BCUT2D eigenvalue weighted by Gasteiger charge is 2.17. The Bertz CT molecular complexity index is 418. The van der Waals surface area contributed by atoms with Crippen molar-refractivity contribution in [2.45, 2.75) is 52.5 Å². The molecule has 1 aromatic rings. The van der Waals surface area contributed by atoms with Crippen molar-refractivity contribution in [3.8, 4) is 0 Å². The molecule has 0 aliphatic carbocycles. The Hall–Kier alpha value is -1.52. The minimum Gasteiger partial charge on any atom is -0.356 e. The lowest BCUT2D eigenvalue weighted by Crippen LogP contribution is -2.29. The molecule has 0 aromatic carbocycles. The van der Waals surface area contributed by atoms with Crippen molar-refractivity contribution in [2.75, 3.05) is 18.4 Å². The third kappa shape index (κ3) is 3.74. The molecule has 1 unspecified atom stereocenters. The molecule has 1 aliphatic heterocycles. The van der Waals surface area contributed by atoms with Gasteiger partial charge in [-0.25, -0.2) is 4.98 Å². The maximum absolute atomic E-state index is 12.1. The number of aryl methyl sites for hydroxylation is 1. The number of amides is 1. The van der Waals surface area contributed by atoms with Crippen LogP contribution >= 0.6 is 0 Å². The summed E-state index contributed by atoms with van der Waals surface area (Å²) in [6.45, 7) is 7.02. The predicted molar refractivity (Wildman–Crippen MR) is 81.0 cm³/mol. The second-order valence-corrected chi connectivity index (χ2v) is 5.55. The number of aromatic nitrogens is 2. The molecule has 1 aromatic heterocycles. The van der Waals surface area contributed by atoms with Gasteiger partial charge < -0.3 is 15.2 Å². The summed E-state index contributed by atoms with van der Waals surface area (Å²) >= 11 is 0. The van der Waals surface area contributed by atoms with Crippen molar-refractivity contribution in [3.05, 3.63) is 11.9 Å². The van der Waals surface area contributed by atoms with E-state index in [1.54, 1.807) is 0 Å². The minimum atomic E-state index is -0.0522. The molecule has 5 nitrogen and oxygen atoms in total. The molecule has 1 amide bonds. The molecule has 2 N–H and O–H groups in total. The zero-order valence-electron chi connectivity index (χ0n) is 12.6. The molecule has 0 spiro atoms. The van der Waals surface area contributed by atoms with Crippen LogP contribution in [-0.2, 0) is 6.54 Å². The number of anilines is 1. The van der Waals surface area contributed by atoms with Crippen molar-refractivity contribution in [2.24, 2.45) is 5.92 Å². The topological polar surface area (TPSA) is 59.0 Å². The highest BCUT2D eigenvalue weighted by molar-refractivity contribution is 5.92. The Morgan fingerprint density at radius 1 is 1.55 bits per heavy atom. The van der Waals surface area contributed by atoms with E-state index < -0.39 is 0 Å². The lowest BCUT2D eigenvalue weighted by atomic mass is 9.99. The third-order valence-corrected chi connectivity index (χ3v) is 3.96. The Labute approximate surface area is 121 Å². The van der Waals surface area contributed by atoms with E-state index in [1.807, 2.05) is 10.8 Å². The van der Waals surface area contributed by atoms with E-state index in [0.717, 1.165) is 38.4 Å². The summed E-state index contributed by atoms with van der Waals surface area (Å²) in [5, 5.41) is 6.24. The fourth-order valence-electron chi connectivity index (χ4n) is 2.56. The van der Waals surface area contributed by atoms with Crippen LogP contribution in [0.3, 0.4) is 0 Å². The van der Waals surface area contributed by atoms with E-state index in [-0.39, 0.29) is 5.91 Å². The van der Waals surface area contributed by atoms with Crippen molar-refractivity contribution in [1.29, 1.82) is 0 Å². The lowest BCUT2D eigenvalue weighted by Gasteiger charge is -2.14. The predicted octanol–water partition coefficient (Wildman–Crippen LogP) is 2.64. The van der Waals surface area contributed by atoms with Crippen LogP contribution in [0.1, 0.15) is 56.4 Å². The Morgan fingerprint density at radius 3 is 3.10 bits per heavy atom. The third-order valence-electron chi connectivity index (χ3n) is 3.96. The van der Waals surface area contributed by atoms with Gasteiger partial charge in [0.2, 0.25) is 5.95 Å². The molecule has 0 bridgehead atoms. The van der Waals surface area contributed by atoms with Crippen LogP contribution in [0.25, 0.3) is 0 Å². The summed E-state index contributed by atoms with van der Waals surface area (Å²) in [5.74, 6) is 1.34. The van der Waals surface area contributed by atoms with Gasteiger partial charge in [0.05, 0.1) is 0 Å². The number of hydrogen-bond donors (Lipinski definition) is 2. The van der Waals surface area contributed by atoms with Gasteiger partial charge in [-0.3, -0.25) is 4.79 Å². The molecule has 20 heavy (non-hydrogen) atoms. The second kappa shape index (κ2) is 7.31. The number of carbonyl (C=O) groups excluding carboxylic acids is 1. The number of nitrogens with one attached hydrogen (secondary N) is 2. The zero-order valence-corrected chi connectivity index (χ0v) is 12.6. The Balaban J connectivity index is 1.86. The molecule has 0 saturated heterocycles. The van der Waals surface area contributed by atoms with E-state index in [1.165, 1.54) is 19.3 Å². The lowest BCUT2D eigenvalue weighted by molar-refractivity contribution is 0.0941. The molecule has 112 valence electrons. The first-order valence-corrected chi connectivity index (χ1v) is 7.83. The monoisotopic (exact) mass is 278 g/mol. The van der Waals surface area contributed by atoms with Gasteiger partial charge in [-0.1, -0.05) is 33.1 Å². The van der Waals surface area contributed by atoms with Crippen molar-refractivity contribution >= 4 is 11.9 Å². The molecular formula is C15H26N4O. The first kappa shape index (κ1) is 14.9. The summed E-state index contributed by atoms with van der Waals surface area (Å²) in [4.78, 5) is 16.5. The summed E-state index contributed by atoms with van der Waals surface area (Å²) in [5.41, 5.74) is 0.528. The van der Waals surface area contributed by atoms with Crippen LogP contribution < -0.4 is 10.6 Å². The summed E-state index contributed by atoms with van der Waals surface area (Å²) in [7, 11) is 0. The molecule has 0 radical (unpaired) electrons. The molecule has 1 atom stereocenters. The molecule has 5 heteroatoms. The van der Waals surface area contributed by atoms with E-state index in [9.17, 15) is 4.79 Å². The van der Waals surface area contributed by atoms with E-state index >= 15 is 0 Å². The van der Waals surface area contributed by atoms with E-state index in [4.69, 9.17) is 0 Å². The first-order valence-electron chi connectivity index (χ1n) is 7.83. The molecule has 1 aliphatic rings. The van der Waals surface area contributed by atoms with Gasteiger partial charge in [0.25, 0.3) is 5.91 Å². The van der Waals surface area contributed by atoms with Crippen LogP contribution in [0.15, 0.2) is 6.20 Å². The fraction of sp³-hybridized carbons (Fsp3) is 0.733. The maximum Gasteiger partial charge on any atom is 0.271 e. The Morgan fingerprint density at radius 2 is 2.40 bits per heavy atom. The minimum absolute atomic E-state index is 0.0522. The first-order chi connectivity index (χ1) is 9.74. The highest BCUT2D eigenvalue weighted by Crippen LogP contribution is 2.15. The molecule has 0 fully saturated rings.